The number of imidazole rings is 1. The van der Waals surface area contributed by atoms with Gasteiger partial charge in [-0.3, -0.25) is 4.79 Å². The third kappa shape index (κ3) is 2.16. The largest absolute Gasteiger partial charge is 0.377 e. The lowest BCUT2D eigenvalue weighted by Crippen LogP contribution is -2.18. The lowest BCUT2D eigenvalue weighted by Gasteiger charge is -2.14. The molecule has 0 spiro atoms. The predicted octanol–water partition coefficient (Wildman–Crippen LogP) is 1.29. The minimum Gasteiger partial charge on any atom is -0.377 e. The molecule has 1 aliphatic carbocycles. The Kier molecular flexibility index (Phi) is 3.39. The summed E-state index contributed by atoms with van der Waals surface area (Å²) in [4.78, 5) is 16.1. The fraction of sp³-hybridized carbons (Fsp3) is 0.667. The van der Waals surface area contributed by atoms with Crippen LogP contribution in [0.4, 0.5) is 0 Å². The van der Waals surface area contributed by atoms with E-state index < -0.39 is 0 Å². The molecular formula is C12H18N2O2. The Morgan fingerprint density at radius 3 is 2.94 bits per heavy atom. The molecule has 2 rings (SSSR count). The van der Waals surface area contributed by atoms with E-state index in [2.05, 4.69) is 9.55 Å². The summed E-state index contributed by atoms with van der Waals surface area (Å²) < 4.78 is 6.90. The zero-order valence-corrected chi connectivity index (χ0v) is 9.95. The number of rotatable bonds is 4. The number of hydrogen-bond acceptors (Lipinski definition) is 3. The number of nitrogens with zero attached hydrogens (tertiary/aromatic N) is 2. The van der Waals surface area contributed by atoms with Gasteiger partial charge in [0.15, 0.2) is 5.78 Å². The molecule has 0 aliphatic heterocycles. The highest BCUT2D eigenvalue weighted by atomic mass is 16.5. The van der Waals surface area contributed by atoms with Gasteiger partial charge in [0.25, 0.3) is 0 Å². The van der Waals surface area contributed by atoms with Gasteiger partial charge < -0.3 is 9.30 Å². The topological polar surface area (TPSA) is 44.1 Å². The van der Waals surface area contributed by atoms with Crippen molar-refractivity contribution in [1.29, 1.82) is 0 Å². The van der Waals surface area contributed by atoms with Gasteiger partial charge in [-0.15, -0.1) is 0 Å². The number of methoxy groups -OCH3 is 1. The zero-order chi connectivity index (χ0) is 11.5. The van der Waals surface area contributed by atoms with E-state index in [-0.39, 0.29) is 12.4 Å². The Balaban J connectivity index is 2.19. The first-order chi connectivity index (χ1) is 7.72. The van der Waals surface area contributed by atoms with E-state index in [1.807, 2.05) is 6.92 Å². The molecule has 4 heteroatoms. The van der Waals surface area contributed by atoms with Gasteiger partial charge >= 0.3 is 0 Å². The molecule has 0 N–H and O–H groups in total. The number of aromatic nitrogens is 2. The van der Waals surface area contributed by atoms with Crippen molar-refractivity contribution in [2.24, 2.45) is 0 Å². The van der Waals surface area contributed by atoms with Crippen LogP contribution in [0.15, 0.2) is 0 Å². The Morgan fingerprint density at radius 2 is 2.19 bits per heavy atom. The molecule has 0 saturated carbocycles. The van der Waals surface area contributed by atoms with Gasteiger partial charge in [-0.05, 0) is 32.6 Å². The highest BCUT2D eigenvalue weighted by Crippen LogP contribution is 2.21. The second-order valence-electron chi connectivity index (χ2n) is 4.32. The lowest BCUT2D eigenvalue weighted by atomic mass is 10.0. The highest BCUT2D eigenvalue weighted by Gasteiger charge is 2.19. The van der Waals surface area contributed by atoms with Crippen molar-refractivity contribution in [3.05, 3.63) is 17.2 Å². The number of aryl methyl sites for hydroxylation is 2. The van der Waals surface area contributed by atoms with Gasteiger partial charge in [0.05, 0.1) is 12.2 Å². The molecule has 4 nitrogen and oxygen atoms in total. The predicted molar refractivity (Wildman–Crippen MR) is 60.5 cm³/mol. The maximum absolute atomic E-state index is 11.6. The number of fused-ring (bicyclic) bond motifs is 1. The third-order valence-electron chi connectivity index (χ3n) is 3.06. The number of Topliss-reactive ketones (excluding diaryl/α,β-unsaturated/α-hetero) is 1. The average molecular weight is 222 g/mol. The summed E-state index contributed by atoms with van der Waals surface area (Å²) in [7, 11) is 1.55. The van der Waals surface area contributed by atoms with Crippen LogP contribution < -0.4 is 0 Å². The van der Waals surface area contributed by atoms with Crippen LogP contribution in [0, 0.1) is 6.92 Å². The molecule has 0 radical (unpaired) electrons. The number of ether oxygens (including phenoxy) is 1. The van der Waals surface area contributed by atoms with Crippen LogP contribution in [0.5, 0.6) is 0 Å². The Hall–Kier alpha value is -1.16. The van der Waals surface area contributed by atoms with Crippen molar-refractivity contribution in [1.82, 2.24) is 9.55 Å². The molecule has 0 saturated heterocycles. The first-order valence-corrected chi connectivity index (χ1v) is 5.78. The fourth-order valence-corrected chi connectivity index (χ4v) is 2.33. The van der Waals surface area contributed by atoms with Gasteiger partial charge in [0, 0.05) is 12.8 Å². The van der Waals surface area contributed by atoms with Crippen molar-refractivity contribution < 1.29 is 9.53 Å². The Morgan fingerprint density at radius 1 is 1.44 bits per heavy atom. The molecule has 1 aromatic heterocycles. The van der Waals surface area contributed by atoms with E-state index in [9.17, 15) is 4.79 Å². The maximum Gasteiger partial charge on any atom is 0.178 e. The van der Waals surface area contributed by atoms with Crippen LogP contribution in [0.1, 0.15) is 30.1 Å². The summed E-state index contributed by atoms with van der Waals surface area (Å²) in [5.41, 5.74) is 2.45. The molecule has 1 aromatic rings. The van der Waals surface area contributed by atoms with Crippen LogP contribution in [0.3, 0.4) is 0 Å². The Bertz CT molecular complexity index is 396. The van der Waals surface area contributed by atoms with Crippen molar-refractivity contribution in [3.8, 4) is 0 Å². The highest BCUT2D eigenvalue weighted by molar-refractivity contribution is 5.79. The number of carbonyl (C=O) groups excluding carboxylic acids is 1. The summed E-state index contributed by atoms with van der Waals surface area (Å²) in [6.45, 7) is 2.56. The summed E-state index contributed by atoms with van der Waals surface area (Å²) in [5.74, 6) is 1.06. The van der Waals surface area contributed by atoms with Gasteiger partial charge in [0.1, 0.15) is 12.4 Å². The van der Waals surface area contributed by atoms with Gasteiger partial charge in [-0.25, -0.2) is 4.98 Å². The molecule has 0 aromatic carbocycles. The van der Waals surface area contributed by atoms with Crippen molar-refractivity contribution in [3.63, 3.8) is 0 Å². The van der Waals surface area contributed by atoms with Crippen LogP contribution in [-0.2, 0) is 28.9 Å². The SMILES string of the molecule is COCC(=O)Cn1c(C)nc2c1CCCC2. The monoisotopic (exact) mass is 222 g/mol. The van der Waals surface area contributed by atoms with Crippen LogP contribution >= 0.6 is 0 Å². The number of ketones is 1. The summed E-state index contributed by atoms with van der Waals surface area (Å²) in [5, 5.41) is 0. The van der Waals surface area contributed by atoms with Crippen molar-refractivity contribution in [2.45, 2.75) is 39.2 Å². The van der Waals surface area contributed by atoms with E-state index in [1.165, 1.54) is 24.2 Å². The second kappa shape index (κ2) is 4.78. The summed E-state index contributed by atoms with van der Waals surface area (Å²) in [6.07, 6.45) is 4.53. The molecule has 0 bridgehead atoms. The normalized spacial score (nSPS) is 14.9. The number of carbonyl (C=O) groups is 1. The molecule has 16 heavy (non-hydrogen) atoms. The van der Waals surface area contributed by atoms with Gasteiger partial charge in [-0.2, -0.15) is 0 Å². The van der Waals surface area contributed by atoms with E-state index in [4.69, 9.17) is 4.74 Å². The second-order valence-corrected chi connectivity index (χ2v) is 4.32. The number of hydrogen-bond donors (Lipinski definition) is 0. The van der Waals surface area contributed by atoms with Crippen molar-refractivity contribution >= 4 is 5.78 Å². The summed E-state index contributed by atoms with van der Waals surface area (Å²) >= 11 is 0. The van der Waals surface area contributed by atoms with Gasteiger partial charge in [0.2, 0.25) is 0 Å². The maximum atomic E-state index is 11.6. The third-order valence-corrected chi connectivity index (χ3v) is 3.06. The molecular weight excluding hydrogens is 204 g/mol. The smallest absolute Gasteiger partial charge is 0.178 e. The Labute approximate surface area is 95.6 Å². The van der Waals surface area contributed by atoms with E-state index >= 15 is 0 Å². The van der Waals surface area contributed by atoms with Crippen LogP contribution in [-0.4, -0.2) is 29.1 Å². The molecule has 0 amide bonds. The summed E-state index contributed by atoms with van der Waals surface area (Å²) in [6, 6.07) is 0. The standard InChI is InChI=1S/C12H18N2O2/c1-9-13-11-5-3-4-6-12(11)14(9)7-10(15)8-16-2/h3-8H2,1-2H3. The van der Waals surface area contributed by atoms with E-state index in [0.29, 0.717) is 6.54 Å². The van der Waals surface area contributed by atoms with E-state index in [1.54, 1.807) is 7.11 Å². The minimum atomic E-state index is 0.108. The quantitative estimate of drug-likeness (QED) is 0.771. The van der Waals surface area contributed by atoms with E-state index in [0.717, 1.165) is 18.7 Å². The first-order valence-electron chi connectivity index (χ1n) is 5.78. The molecule has 88 valence electrons. The minimum absolute atomic E-state index is 0.108. The first kappa shape index (κ1) is 11.3. The molecule has 0 atom stereocenters. The van der Waals surface area contributed by atoms with Crippen LogP contribution in [0.2, 0.25) is 0 Å². The average Bonchev–Trinajstić information content (AvgIpc) is 2.56. The molecule has 0 unspecified atom stereocenters. The van der Waals surface area contributed by atoms with Crippen molar-refractivity contribution in [2.75, 3.05) is 13.7 Å². The van der Waals surface area contributed by atoms with Crippen LogP contribution in [0.25, 0.3) is 0 Å². The molecule has 0 fully saturated rings. The molecule has 1 heterocycles. The fourth-order valence-electron chi connectivity index (χ4n) is 2.33. The zero-order valence-electron chi connectivity index (χ0n) is 9.95. The lowest BCUT2D eigenvalue weighted by molar-refractivity contribution is -0.123. The van der Waals surface area contributed by atoms with Gasteiger partial charge in [-0.1, -0.05) is 0 Å². The molecule has 1 aliphatic rings.